The molecule has 0 spiro atoms. The SMILES string of the molecule is [C-]#[N+]c1c(F)ccc(-c2cccc(C(C)(C)c3cccc(Sc4ccccc4)n3)n2)c1F. The van der Waals surface area contributed by atoms with Crippen molar-refractivity contribution in [2.24, 2.45) is 0 Å². The van der Waals surface area contributed by atoms with Crippen LogP contribution in [0.1, 0.15) is 25.2 Å². The molecule has 0 atom stereocenters. The fraction of sp³-hybridized carbons (Fsp3) is 0.115. The molecule has 0 saturated carbocycles. The Kier molecular flexibility index (Phi) is 6.02. The number of rotatable bonds is 5. The highest BCUT2D eigenvalue weighted by atomic mass is 32.2. The quantitative estimate of drug-likeness (QED) is 0.300. The van der Waals surface area contributed by atoms with Crippen LogP contribution in [0.3, 0.4) is 0 Å². The summed E-state index contributed by atoms with van der Waals surface area (Å²) in [5.41, 5.74) is 0.759. The molecule has 2 aromatic heterocycles. The van der Waals surface area contributed by atoms with Gasteiger partial charge in [0.15, 0.2) is 0 Å². The lowest BCUT2D eigenvalue weighted by Crippen LogP contribution is -2.22. The van der Waals surface area contributed by atoms with Crippen LogP contribution in [0, 0.1) is 18.2 Å². The van der Waals surface area contributed by atoms with Gasteiger partial charge in [0.1, 0.15) is 16.7 Å². The molecule has 32 heavy (non-hydrogen) atoms. The first-order chi connectivity index (χ1) is 15.4. The monoisotopic (exact) mass is 443 g/mol. The van der Waals surface area contributed by atoms with Crippen LogP contribution >= 0.6 is 11.8 Å². The number of hydrogen-bond acceptors (Lipinski definition) is 3. The van der Waals surface area contributed by atoms with Crippen LogP contribution in [0.4, 0.5) is 14.5 Å². The maximum atomic E-state index is 14.7. The van der Waals surface area contributed by atoms with E-state index in [0.717, 1.165) is 21.7 Å². The summed E-state index contributed by atoms with van der Waals surface area (Å²) < 4.78 is 28.5. The van der Waals surface area contributed by atoms with Crippen LogP contribution in [-0.4, -0.2) is 9.97 Å². The van der Waals surface area contributed by atoms with Gasteiger partial charge in [0.25, 0.3) is 5.69 Å². The maximum absolute atomic E-state index is 14.7. The summed E-state index contributed by atoms with van der Waals surface area (Å²) in [6.07, 6.45) is 0. The Morgan fingerprint density at radius 1 is 0.812 bits per heavy atom. The second kappa shape index (κ2) is 8.89. The topological polar surface area (TPSA) is 30.1 Å². The van der Waals surface area contributed by atoms with E-state index in [9.17, 15) is 8.78 Å². The average Bonchev–Trinajstić information content (AvgIpc) is 2.80. The van der Waals surface area contributed by atoms with E-state index in [1.54, 1.807) is 23.9 Å². The van der Waals surface area contributed by atoms with E-state index in [0.29, 0.717) is 11.4 Å². The highest BCUT2D eigenvalue weighted by Gasteiger charge is 2.27. The van der Waals surface area contributed by atoms with Crippen molar-refractivity contribution in [3.8, 4) is 11.3 Å². The van der Waals surface area contributed by atoms with Crippen molar-refractivity contribution in [1.29, 1.82) is 0 Å². The predicted octanol–water partition coefficient (Wildman–Crippen LogP) is 7.45. The van der Waals surface area contributed by atoms with Crippen LogP contribution in [0.5, 0.6) is 0 Å². The van der Waals surface area contributed by atoms with Gasteiger partial charge in [0, 0.05) is 15.9 Å². The van der Waals surface area contributed by atoms with Gasteiger partial charge < -0.3 is 0 Å². The molecule has 2 aromatic carbocycles. The second-order valence-electron chi connectivity index (χ2n) is 7.68. The zero-order chi connectivity index (χ0) is 22.7. The van der Waals surface area contributed by atoms with Gasteiger partial charge >= 0.3 is 0 Å². The Morgan fingerprint density at radius 2 is 1.50 bits per heavy atom. The zero-order valence-corrected chi connectivity index (χ0v) is 18.3. The van der Waals surface area contributed by atoms with Gasteiger partial charge in [-0.3, -0.25) is 4.98 Å². The number of hydrogen-bond donors (Lipinski definition) is 0. The molecule has 158 valence electrons. The van der Waals surface area contributed by atoms with Crippen molar-refractivity contribution in [2.45, 2.75) is 29.2 Å². The van der Waals surface area contributed by atoms with E-state index in [4.69, 9.17) is 11.6 Å². The average molecular weight is 444 g/mol. The van der Waals surface area contributed by atoms with Crippen LogP contribution in [0.2, 0.25) is 0 Å². The number of aromatic nitrogens is 2. The van der Waals surface area contributed by atoms with Crippen molar-refractivity contribution in [3.63, 3.8) is 0 Å². The van der Waals surface area contributed by atoms with Crippen molar-refractivity contribution in [1.82, 2.24) is 9.97 Å². The molecule has 0 N–H and O–H groups in total. The van der Waals surface area contributed by atoms with Crippen molar-refractivity contribution >= 4 is 17.4 Å². The third-order valence-corrected chi connectivity index (χ3v) is 6.12. The highest BCUT2D eigenvalue weighted by molar-refractivity contribution is 7.99. The van der Waals surface area contributed by atoms with E-state index < -0.39 is 22.7 Å². The minimum Gasteiger partial charge on any atom is -0.252 e. The van der Waals surface area contributed by atoms with Crippen molar-refractivity contribution in [2.75, 3.05) is 0 Å². The van der Waals surface area contributed by atoms with E-state index in [1.165, 1.54) is 6.07 Å². The van der Waals surface area contributed by atoms with Crippen LogP contribution in [0.25, 0.3) is 16.1 Å². The van der Waals surface area contributed by atoms with Crippen molar-refractivity contribution in [3.05, 3.63) is 113 Å². The standard InChI is InChI=1S/C26H19F2N3S/c1-26(2,22-13-8-14-23(31-22)32-17-9-5-4-6-10-17)21-12-7-11-20(30-21)18-15-16-19(27)25(29-3)24(18)28/h4-16H,1-2H3. The summed E-state index contributed by atoms with van der Waals surface area (Å²) in [5.74, 6) is -1.78. The van der Waals surface area contributed by atoms with Gasteiger partial charge in [-0.05, 0) is 62.4 Å². The molecule has 2 heterocycles. The van der Waals surface area contributed by atoms with Gasteiger partial charge in [0.2, 0.25) is 0 Å². The molecule has 6 heteroatoms. The molecule has 4 aromatic rings. The first kappa shape index (κ1) is 21.7. The molecular formula is C26H19F2N3S. The molecule has 0 amide bonds. The fourth-order valence-electron chi connectivity index (χ4n) is 3.33. The van der Waals surface area contributed by atoms with Gasteiger partial charge in [0.05, 0.1) is 23.7 Å². The Labute approximate surface area is 190 Å². The Bertz CT molecular complexity index is 1310. The summed E-state index contributed by atoms with van der Waals surface area (Å²) in [6, 6.07) is 23.6. The van der Waals surface area contributed by atoms with Crippen LogP contribution in [-0.2, 0) is 5.41 Å². The predicted molar refractivity (Wildman–Crippen MR) is 123 cm³/mol. The molecular weight excluding hydrogens is 424 g/mol. The molecule has 0 fully saturated rings. The molecule has 0 bridgehead atoms. The number of benzene rings is 2. The molecule has 0 aliphatic heterocycles. The molecule has 0 aliphatic rings. The number of halogens is 2. The fourth-order valence-corrected chi connectivity index (χ4v) is 4.16. The van der Waals surface area contributed by atoms with E-state index in [-0.39, 0.29) is 5.56 Å². The largest absolute Gasteiger partial charge is 0.257 e. The van der Waals surface area contributed by atoms with Gasteiger partial charge in [-0.1, -0.05) is 42.1 Å². The molecule has 0 radical (unpaired) electrons. The first-order valence-electron chi connectivity index (χ1n) is 9.94. The lowest BCUT2D eigenvalue weighted by Gasteiger charge is -2.24. The first-order valence-corrected chi connectivity index (χ1v) is 10.8. The van der Waals surface area contributed by atoms with Crippen LogP contribution in [0.15, 0.2) is 88.8 Å². The lowest BCUT2D eigenvalue weighted by atomic mass is 9.84. The van der Waals surface area contributed by atoms with Crippen molar-refractivity contribution < 1.29 is 8.78 Å². The smallest absolute Gasteiger partial charge is 0.252 e. The van der Waals surface area contributed by atoms with Gasteiger partial charge in [-0.25, -0.2) is 18.6 Å². The summed E-state index contributed by atoms with van der Waals surface area (Å²) >= 11 is 1.58. The van der Waals surface area contributed by atoms with E-state index in [2.05, 4.69) is 9.83 Å². The lowest BCUT2D eigenvalue weighted by molar-refractivity contribution is 0.586. The summed E-state index contributed by atoms with van der Waals surface area (Å²) in [4.78, 5) is 13.6. The third kappa shape index (κ3) is 4.25. The third-order valence-electron chi connectivity index (χ3n) is 5.17. The molecule has 0 aliphatic carbocycles. The summed E-state index contributed by atoms with van der Waals surface area (Å²) in [7, 11) is 0. The van der Waals surface area contributed by atoms with Crippen LogP contribution < -0.4 is 0 Å². The minimum atomic E-state index is -0.901. The zero-order valence-electron chi connectivity index (χ0n) is 17.5. The molecule has 3 nitrogen and oxygen atoms in total. The molecule has 4 rings (SSSR count). The second-order valence-corrected chi connectivity index (χ2v) is 8.77. The Balaban J connectivity index is 1.70. The molecule has 0 unspecified atom stereocenters. The highest BCUT2D eigenvalue weighted by Crippen LogP contribution is 2.35. The Morgan fingerprint density at radius 3 is 2.22 bits per heavy atom. The van der Waals surface area contributed by atoms with Gasteiger partial charge in [-0.15, -0.1) is 0 Å². The number of nitrogens with zero attached hydrogens (tertiary/aromatic N) is 3. The molecule has 0 saturated heterocycles. The maximum Gasteiger partial charge on any atom is 0.257 e. The summed E-state index contributed by atoms with van der Waals surface area (Å²) in [5, 5.41) is 0.865. The Hall–Kier alpha value is -3.56. The normalized spacial score (nSPS) is 11.2. The summed E-state index contributed by atoms with van der Waals surface area (Å²) in [6.45, 7) is 11.1. The minimum absolute atomic E-state index is 0.0939. The number of pyridine rings is 2. The van der Waals surface area contributed by atoms with E-state index in [1.807, 2.05) is 68.4 Å². The van der Waals surface area contributed by atoms with E-state index >= 15 is 0 Å². The van der Waals surface area contributed by atoms with Gasteiger partial charge in [-0.2, -0.15) is 0 Å².